The normalized spacial score (nSPS) is 13.1. The van der Waals surface area contributed by atoms with Gasteiger partial charge in [-0.1, -0.05) is 20.8 Å². The minimum Gasteiger partial charge on any atom is -0.394 e. The molecule has 15 heavy (non-hydrogen) atoms. The standard InChI is InChI=1S/C12H20N2O/c1-9(2)6-10(3)7-14-5-4-12(15)11(13)8-14/h4-5,8-10H,6-7,13H2,1-3H3. The summed E-state index contributed by atoms with van der Waals surface area (Å²) < 4.78 is 1.99. The number of nitrogens with zero attached hydrogens (tertiary/aromatic N) is 1. The lowest BCUT2D eigenvalue weighted by Crippen LogP contribution is -2.14. The van der Waals surface area contributed by atoms with E-state index >= 15 is 0 Å². The summed E-state index contributed by atoms with van der Waals surface area (Å²) in [6.07, 6.45) is 4.71. The highest BCUT2D eigenvalue weighted by atomic mass is 16.1. The van der Waals surface area contributed by atoms with Crippen molar-refractivity contribution in [2.24, 2.45) is 11.8 Å². The number of pyridine rings is 1. The summed E-state index contributed by atoms with van der Waals surface area (Å²) in [6, 6.07) is 1.53. The third-order valence-electron chi connectivity index (χ3n) is 2.40. The molecule has 3 nitrogen and oxygen atoms in total. The molecule has 1 rings (SSSR count). The highest BCUT2D eigenvalue weighted by Gasteiger charge is 2.05. The van der Waals surface area contributed by atoms with E-state index in [4.69, 9.17) is 5.73 Å². The number of nitrogens with two attached hydrogens (primary N) is 1. The van der Waals surface area contributed by atoms with E-state index in [-0.39, 0.29) is 5.43 Å². The Hall–Kier alpha value is -1.25. The third kappa shape index (κ3) is 3.78. The Bertz CT molecular complexity index is 368. The minimum absolute atomic E-state index is 0.0947. The summed E-state index contributed by atoms with van der Waals surface area (Å²) in [7, 11) is 0. The van der Waals surface area contributed by atoms with Crippen LogP contribution in [0.4, 0.5) is 5.69 Å². The quantitative estimate of drug-likeness (QED) is 0.823. The molecule has 1 aromatic heterocycles. The van der Waals surface area contributed by atoms with Crippen LogP contribution in [0.3, 0.4) is 0 Å². The van der Waals surface area contributed by atoms with Gasteiger partial charge in [0.1, 0.15) is 0 Å². The maximum absolute atomic E-state index is 11.1. The van der Waals surface area contributed by atoms with Crippen molar-refractivity contribution in [2.75, 3.05) is 5.73 Å². The third-order valence-corrected chi connectivity index (χ3v) is 2.40. The van der Waals surface area contributed by atoms with Gasteiger partial charge in [-0.3, -0.25) is 4.79 Å². The van der Waals surface area contributed by atoms with Crippen LogP contribution in [0.1, 0.15) is 27.2 Å². The molecular weight excluding hydrogens is 188 g/mol. The Morgan fingerprint density at radius 3 is 2.60 bits per heavy atom. The first-order chi connectivity index (χ1) is 6.99. The van der Waals surface area contributed by atoms with E-state index in [1.165, 1.54) is 12.5 Å². The first-order valence-corrected chi connectivity index (χ1v) is 5.44. The van der Waals surface area contributed by atoms with Crippen LogP contribution < -0.4 is 11.2 Å². The molecule has 0 aromatic carbocycles. The van der Waals surface area contributed by atoms with E-state index in [0.29, 0.717) is 17.5 Å². The minimum atomic E-state index is -0.0947. The van der Waals surface area contributed by atoms with Gasteiger partial charge in [0.05, 0.1) is 5.69 Å². The lowest BCUT2D eigenvalue weighted by molar-refractivity contribution is 0.389. The van der Waals surface area contributed by atoms with Crippen LogP contribution in [0.2, 0.25) is 0 Å². The number of aromatic nitrogens is 1. The van der Waals surface area contributed by atoms with Crippen LogP contribution in [-0.2, 0) is 6.54 Å². The first-order valence-electron chi connectivity index (χ1n) is 5.44. The monoisotopic (exact) mass is 208 g/mol. The smallest absolute Gasteiger partial charge is 0.204 e. The highest BCUT2D eigenvalue weighted by molar-refractivity contribution is 5.33. The van der Waals surface area contributed by atoms with E-state index in [2.05, 4.69) is 20.8 Å². The average molecular weight is 208 g/mol. The van der Waals surface area contributed by atoms with Crippen LogP contribution in [-0.4, -0.2) is 4.57 Å². The number of rotatable bonds is 4. The summed E-state index contributed by atoms with van der Waals surface area (Å²) >= 11 is 0. The topological polar surface area (TPSA) is 48.0 Å². The van der Waals surface area contributed by atoms with Crippen LogP contribution >= 0.6 is 0 Å². The summed E-state index contributed by atoms with van der Waals surface area (Å²) in [4.78, 5) is 11.1. The van der Waals surface area contributed by atoms with Crippen molar-refractivity contribution in [2.45, 2.75) is 33.7 Å². The fraction of sp³-hybridized carbons (Fsp3) is 0.583. The number of nitrogen functional groups attached to an aromatic ring is 1. The van der Waals surface area contributed by atoms with Gasteiger partial charge in [-0.25, -0.2) is 0 Å². The second-order valence-electron chi connectivity index (χ2n) is 4.70. The zero-order chi connectivity index (χ0) is 11.4. The molecule has 0 aliphatic rings. The fourth-order valence-corrected chi connectivity index (χ4v) is 1.90. The van der Waals surface area contributed by atoms with Gasteiger partial charge in [0.15, 0.2) is 0 Å². The van der Waals surface area contributed by atoms with Gasteiger partial charge in [-0.2, -0.15) is 0 Å². The summed E-state index contributed by atoms with van der Waals surface area (Å²) in [5, 5.41) is 0. The molecule has 0 saturated carbocycles. The number of hydrogen-bond acceptors (Lipinski definition) is 2. The molecule has 0 aliphatic carbocycles. The van der Waals surface area contributed by atoms with Gasteiger partial charge < -0.3 is 10.3 Å². The molecule has 0 spiro atoms. The van der Waals surface area contributed by atoms with Crippen LogP contribution in [0.15, 0.2) is 23.3 Å². The lowest BCUT2D eigenvalue weighted by atomic mass is 9.99. The van der Waals surface area contributed by atoms with Gasteiger partial charge in [-0.15, -0.1) is 0 Å². The van der Waals surface area contributed by atoms with E-state index in [1.807, 2.05) is 4.57 Å². The van der Waals surface area contributed by atoms with Crippen molar-refractivity contribution >= 4 is 5.69 Å². The Labute approximate surface area is 90.9 Å². The second-order valence-corrected chi connectivity index (χ2v) is 4.70. The lowest BCUT2D eigenvalue weighted by Gasteiger charge is -2.16. The zero-order valence-electron chi connectivity index (χ0n) is 9.73. The SMILES string of the molecule is CC(C)CC(C)Cn1ccc(=O)c(N)c1. The first kappa shape index (κ1) is 11.8. The molecule has 0 aliphatic heterocycles. The Balaban J connectivity index is 2.64. The molecule has 0 fully saturated rings. The Kier molecular flexibility index (Phi) is 3.95. The van der Waals surface area contributed by atoms with Gasteiger partial charge in [0, 0.05) is 25.0 Å². The maximum Gasteiger partial charge on any atom is 0.204 e. The molecule has 0 bridgehead atoms. The summed E-state index contributed by atoms with van der Waals surface area (Å²) in [5.41, 5.74) is 5.80. The van der Waals surface area contributed by atoms with Crippen LogP contribution in [0.25, 0.3) is 0 Å². The fourth-order valence-electron chi connectivity index (χ4n) is 1.90. The molecule has 1 heterocycles. The van der Waals surface area contributed by atoms with Crippen molar-refractivity contribution in [3.63, 3.8) is 0 Å². The van der Waals surface area contributed by atoms with Gasteiger partial charge in [0.2, 0.25) is 5.43 Å². The van der Waals surface area contributed by atoms with Gasteiger partial charge >= 0.3 is 0 Å². The second kappa shape index (κ2) is 5.01. The molecule has 1 unspecified atom stereocenters. The molecule has 2 N–H and O–H groups in total. The molecule has 0 amide bonds. The van der Waals surface area contributed by atoms with Crippen LogP contribution in [0.5, 0.6) is 0 Å². The molecule has 84 valence electrons. The van der Waals surface area contributed by atoms with Crippen molar-refractivity contribution in [3.8, 4) is 0 Å². The van der Waals surface area contributed by atoms with Crippen molar-refractivity contribution in [1.29, 1.82) is 0 Å². The molecular formula is C12H20N2O. The van der Waals surface area contributed by atoms with Crippen molar-refractivity contribution in [1.82, 2.24) is 4.57 Å². The number of anilines is 1. The molecule has 0 radical (unpaired) electrons. The van der Waals surface area contributed by atoms with E-state index < -0.39 is 0 Å². The summed E-state index contributed by atoms with van der Waals surface area (Å²) in [5.74, 6) is 1.31. The van der Waals surface area contributed by atoms with E-state index in [9.17, 15) is 4.79 Å². The molecule has 0 saturated heterocycles. The zero-order valence-corrected chi connectivity index (χ0v) is 9.73. The molecule has 1 atom stereocenters. The van der Waals surface area contributed by atoms with Gasteiger partial charge in [-0.05, 0) is 18.3 Å². The van der Waals surface area contributed by atoms with Crippen LogP contribution in [0, 0.1) is 11.8 Å². The highest BCUT2D eigenvalue weighted by Crippen LogP contribution is 2.13. The maximum atomic E-state index is 11.1. The Morgan fingerprint density at radius 1 is 1.40 bits per heavy atom. The molecule has 1 aromatic rings. The van der Waals surface area contributed by atoms with Crippen molar-refractivity contribution in [3.05, 3.63) is 28.7 Å². The largest absolute Gasteiger partial charge is 0.394 e. The molecule has 3 heteroatoms. The van der Waals surface area contributed by atoms with Gasteiger partial charge in [0.25, 0.3) is 0 Å². The predicted molar refractivity (Wildman–Crippen MR) is 63.7 cm³/mol. The summed E-state index contributed by atoms with van der Waals surface area (Å²) in [6.45, 7) is 7.57. The Morgan fingerprint density at radius 2 is 2.07 bits per heavy atom. The van der Waals surface area contributed by atoms with E-state index in [1.54, 1.807) is 12.4 Å². The average Bonchev–Trinajstić information content (AvgIpc) is 2.10. The van der Waals surface area contributed by atoms with Crippen molar-refractivity contribution < 1.29 is 0 Å². The van der Waals surface area contributed by atoms with E-state index in [0.717, 1.165) is 6.54 Å². The number of hydrogen-bond donors (Lipinski definition) is 1. The predicted octanol–water partition coefficient (Wildman–Crippen LogP) is 2.11.